The van der Waals surface area contributed by atoms with E-state index in [1.54, 1.807) is 53.9 Å². The molecule has 1 aromatic heterocycles. The summed E-state index contributed by atoms with van der Waals surface area (Å²) < 4.78 is 14.3. The first-order valence-corrected chi connectivity index (χ1v) is 13.6. The number of hydrogen-bond acceptors (Lipinski definition) is 4. The number of nitrogens with one attached hydrogen (secondary N) is 1. The lowest BCUT2D eigenvalue weighted by molar-refractivity contribution is -0.133. The Hall–Kier alpha value is -3.78. The quantitative estimate of drug-likeness (QED) is 0.241. The number of thiazole rings is 1. The van der Waals surface area contributed by atoms with Gasteiger partial charge in [0.05, 0.1) is 15.7 Å². The SMILES string of the molecule is O=C(O)C1=C(c2ccccc2)C=CC(C(=O)NCc2ccccc2F)(c2nc(-c3ccc(Cl)c(Cl)c3)cs2)C1. The second kappa shape index (κ2) is 11.1. The number of rotatable bonds is 7. The van der Waals surface area contributed by atoms with Gasteiger partial charge in [-0.15, -0.1) is 11.3 Å². The van der Waals surface area contributed by atoms with Crippen LogP contribution in [0.3, 0.4) is 0 Å². The lowest BCUT2D eigenvalue weighted by Gasteiger charge is -2.31. The summed E-state index contributed by atoms with van der Waals surface area (Å²) in [6, 6.07) is 20.4. The minimum Gasteiger partial charge on any atom is -0.478 e. The largest absolute Gasteiger partial charge is 0.478 e. The summed E-state index contributed by atoms with van der Waals surface area (Å²) in [6.07, 6.45) is 3.21. The van der Waals surface area contributed by atoms with E-state index in [0.717, 1.165) is 5.56 Å². The molecule has 39 heavy (non-hydrogen) atoms. The number of nitrogens with zero attached hydrogens (tertiary/aromatic N) is 1. The molecule has 0 fully saturated rings. The molecule has 0 radical (unpaired) electrons. The van der Waals surface area contributed by atoms with Crippen molar-refractivity contribution in [2.24, 2.45) is 0 Å². The van der Waals surface area contributed by atoms with Crippen LogP contribution in [0.5, 0.6) is 0 Å². The highest BCUT2D eigenvalue weighted by Gasteiger charge is 2.45. The average Bonchev–Trinajstić information content (AvgIpc) is 3.45. The Kier molecular flexibility index (Phi) is 7.66. The van der Waals surface area contributed by atoms with Crippen molar-refractivity contribution in [3.05, 3.63) is 128 Å². The molecular weight excluding hydrogens is 558 g/mol. The average molecular weight is 579 g/mol. The minimum absolute atomic E-state index is 0.0657. The highest BCUT2D eigenvalue weighted by Crippen LogP contribution is 2.43. The summed E-state index contributed by atoms with van der Waals surface area (Å²) in [5.41, 5.74) is 1.47. The van der Waals surface area contributed by atoms with Crippen LogP contribution in [0.1, 0.15) is 22.6 Å². The van der Waals surface area contributed by atoms with Gasteiger partial charge in [-0.1, -0.05) is 90.0 Å². The lowest BCUT2D eigenvalue weighted by Crippen LogP contribution is -2.44. The molecule has 1 atom stereocenters. The predicted molar refractivity (Wildman–Crippen MR) is 152 cm³/mol. The summed E-state index contributed by atoms with van der Waals surface area (Å²) in [4.78, 5) is 31.1. The molecule has 3 aromatic carbocycles. The number of carboxylic acid groups (broad SMARTS) is 1. The number of carbonyl (C=O) groups is 2. The molecule has 0 saturated heterocycles. The highest BCUT2D eigenvalue weighted by molar-refractivity contribution is 7.10. The Labute approximate surface area is 238 Å². The van der Waals surface area contributed by atoms with Gasteiger partial charge in [0, 0.05) is 35.0 Å². The van der Waals surface area contributed by atoms with E-state index in [0.29, 0.717) is 37.4 Å². The van der Waals surface area contributed by atoms with E-state index in [1.165, 1.54) is 17.4 Å². The lowest BCUT2D eigenvalue weighted by atomic mass is 9.74. The maximum Gasteiger partial charge on any atom is 0.332 e. The third-order valence-corrected chi connectivity index (χ3v) is 8.32. The van der Waals surface area contributed by atoms with Gasteiger partial charge in [-0.2, -0.15) is 0 Å². The number of benzene rings is 3. The van der Waals surface area contributed by atoms with Crippen molar-refractivity contribution in [3.8, 4) is 11.3 Å². The van der Waals surface area contributed by atoms with Crippen molar-refractivity contribution >= 4 is 52.0 Å². The van der Waals surface area contributed by atoms with Crippen LogP contribution in [0.4, 0.5) is 4.39 Å². The second-order valence-electron chi connectivity index (χ2n) is 8.99. The number of aliphatic carboxylic acids is 1. The minimum atomic E-state index is -1.43. The van der Waals surface area contributed by atoms with Crippen LogP contribution in [-0.4, -0.2) is 22.0 Å². The first-order chi connectivity index (χ1) is 18.8. The zero-order chi connectivity index (χ0) is 27.6. The summed E-state index contributed by atoms with van der Waals surface area (Å²) in [5, 5.41) is 16.0. The molecule has 9 heteroatoms. The molecule has 1 amide bonds. The van der Waals surface area contributed by atoms with E-state index >= 15 is 0 Å². The van der Waals surface area contributed by atoms with Crippen LogP contribution in [0.15, 0.2) is 95.9 Å². The summed E-state index contributed by atoms with van der Waals surface area (Å²) >= 11 is 13.5. The van der Waals surface area contributed by atoms with E-state index in [2.05, 4.69) is 5.32 Å². The van der Waals surface area contributed by atoms with Gasteiger partial charge in [-0.3, -0.25) is 4.79 Å². The number of halogens is 3. The molecule has 0 saturated carbocycles. The molecule has 1 unspecified atom stereocenters. The third kappa shape index (κ3) is 5.39. The maximum absolute atomic E-state index is 14.3. The Morgan fingerprint density at radius 3 is 2.46 bits per heavy atom. The van der Waals surface area contributed by atoms with Gasteiger partial charge < -0.3 is 10.4 Å². The number of allylic oxidation sites excluding steroid dienone is 2. The van der Waals surface area contributed by atoms with Gasteiger partial charge in [-0.25, -0.2) is 14.2 Å². The first kappa shape index (κ1) is 26.8. The van der Waals surface area contributed by atoms with Crippen LogP contribution < -0.4 is 5.32 Å². The molecule has 0 bridgehead atoms. The van der Waals surface area contributed by atoms with E-state index in [4.69, 9.17) is 28.2 Å². The van der Waals surface area contributed by atoms with Gasteiger partial charge >= 0.3 is 5.97 Å². The topological polar surface area (TPSA) is 79.3 Å². The van der Waals surface area contributed by atoms with Gasteiger partial charge in [0.2, 0.25) is 5.91 Å². The molecule has 1 heterocycles. The number of carbonyl (C=O) groups excluding carboxylic acids is 1. The molecule has 5 rings (SSSR count). The molecule has 1 aliphatic rings. The van der Waals surface area contributed by atoms with Crippen molar-refractivity contribution < 1.29 is 19.1 Å². The molecule has 4 aromatic rings. The van der Waals surface area contributed by atoms with Gasteiger partial charge in [0.15, 0.2) is 0 Å². The second-order valence-corrected chi connectivity index (χ2v) is 10.7. The Morgan fingerprint density at radius 1 is 1.00 bits per heavy atom. The van der Waals surface area contributed by atoms with Crippen molar-refractivity contribution in [2.45, 2.75) is 18.4 Å². The fourth-order valence-electron chi connectivity index (χ4n) is 4.48. The summed E-state index contributed by atoms with van der Waals surface area (Å²) in [6.45, 7) is -0.0657. The fraction of sp³-hybridized carbons (Fsp3) is 0.100. The van der Waals surface area contributed by atoms with Crippen LogP contribution in [0.25, 0.3) is 16.8 Å². The van der Waals surface area contributed by atoms with Crippen LogP contribution in [-0.2, 0) is 21.5 Å². The Bertz CT molecular complexity index is 1630. The van der Waals surface area contributed by atoms with E-state index < -0.39 is 23.1 Å². The number of carboxylic acids is 1. The van der Waals surface area contributed by atoms with Crippen LogP contribution in [0, 0.1) is 5.82 Å². The van der Waals surface area contributed by atoms with Crippen LogP contribution in [0.2, 0.25) is 10.0 Å². The smallest absolute Gasteiger partial charge is 0.332 e. The van der Waals surface area contributed by atoms with E-state index in [9.17, 15) is 19.1 Å². The third-order valence-electron chi connectivity index (χ3n) is 6.56. The Morgan fingerprint density at radius 2 is 1.74 bits per heavy atom. The number of hydrogen-bond donors (Lipinski definition) is 2. The van der Waals surface area contributed by atoms with Crippen LogP contribution >= 0.6 is 34.5 Å². The normalized spacial score (nSPS) is 16.8. The van der Waals surface area contributed by atoms with Gasteiger partial charge in [0.25, 0.3) is 0 Å². The summed E-state index contributed by atoms with van der Waals surface area (Å²) in [7, 11) is 0. The van der Waals surface area contributed by atoms with Crippen molar-refractivity contribution in [1.29, 1.82) is 0 Å². The van der Waals surface area contributed by atoms with Crippen molar-refractivity contribution in [3.63, 3.8) is 0 Å². The monoisotopic (exact) mass is 578 g/mol. The molecule has 5 nitrogen and oxygen atoms in total. The number of amides is 1. The fourth-order valence-corrected chi connectivity index (χ4v) is 5.78. The molecule has 196 valence electrons. The summed E-state index contributed by atoms with van der Waals surface area (Å²) in [5.74, 6) is -2.06. The standard InChI is InChI=1S/C30H21Cl2FN2O3S/c31-23-11-10-19(14-24(23)32)26-17-39-29(35-26)30(28(38)34-16-20-8-4-5-9-25(20)33)13-12-21(22(15-30)27(36)37)18-6-2-1-3-7-18/h1-14,17H,15-16H2,(H,34,38)(H,36,37). The molecule has 0 aliphatic heterocycles. The van der Waals surface area contributed by atoms with E-state index in [1.807, 2.05) is 30.3 Å². The number of aromatic nitrogens is 1. The Balaban J connectivity index is 1.57. The zero-order valence-corrected chi connectivity index (χ0v) is 22.7. The zero-order valence-electron chi connectivity index (χ0n) is 20.3. The maximum atomic E-state index is 14.3. The molecule has 0 spiro atoms. The van der Waals surface area contributed by atoms with Gasteiger partial charge in [-0.05, 0) is 29.3 Å². The molecular formula is C30H21Cl2FN2O3S. The molecule has 1 aliphatic carbocycles. The highest BCUT2D eigenvalue weighted by atomic mass is 35.5. The van der Waals surface area contributed by atoms with Crippen molar-refractivity contribution in [1.82, 2.24) is 10.3 Å². The van der Waals surface area contributed by atoms with Gasteiger partial charge in [0.1, 0.15) is 16.2 Å². The first-order valence-electron chi connectivity index (χ1n) is 11.9. The predicted octanol–water partition coefficient (Wildman–Crippen LogP) is 7.31. The van der Waals surface area contributed by atoms with E-state index in [-0.39, 0.29) is 18.5 Å². The molecule has 2 N–H and O–H groups in total. The van der Waals surface area contributed by atoms with Crippen molar-refractivity contribution in [2.75, 3.05) is 0 Å².